The molecule has 1 aromatic heterocycles. The summed E-state index contributed by atoms with van der Waals surface area (Å²) >= 11 is 0. The zero-order valence-corrected chi connectivity index (χ0v) is 25.8. The average molecular weight is 605 g/mol. The summed E-state index contributed by atoms with van der Waals surface area (Å²) in [6.07, 6.45) is 3.07. The number of hydrogen-bond acceptors (Lipinski definition) is 6. The van der Waals surface area contributed by atoms with Crippen LogP contribution in [0.1, 0.15) is 45.6 Å². The van der Waals surface area contributed by atoms with Crippen molar-refractivity contribution in [3.8, 4) is 11.4 Å². The maximum Gasteiger partial charge on any atom is 0.319 e. The highest BCUT2D eigenvalue weighted by Crippen LogP contribution is 2.28. The lowest BCUT2D eigenvalue weighted by Gasteiger charge is -2.43. The van der Waals surface area contributed by atoms with Crippen LogP contribution in [0.25, 0.3) is 11.4 Å². The van der Waals surface area contributed by atoms with E-state index in [2.05, 4.69) is 26.2 Å². The molecular formula is C32H41FN8O3. The number of likely N-dealkylation sites (tertiary alicyclic amines) is 2. The molecular weight excluding hydrogens is 563 g/mol. The third-order valence-corrected chi connectivity index (χ3v) is 8.44. The van der Waals surface area contributed by atoms with Crippen LogP contribution in [0.4, 0.5) is 14.9 Å². The molecule has 2 fully saturated rings. The SMILES string of the molecule is Cn1nnnc1-c1cccc(NC(=O)N[C@@H]2CCN(C(=O)C(C)(C)C)CC2C(=O)N2CCCC(Cc3ccc(F)cc3)C2)c1. The first-order chi connectivity index (χ1) is 21.0. The van der Waals surface area contributed by atoms with Gasteiger partial charge in [-0.25, -0.2) is 13.9 Å². The van der Waals surface area contributed by atoms with Gasteiger partial charge in [0.05, 0.1) is 5.92 Å². The lowest BCUT2D eigenvalue weighted by molar-refractivity contribution is -0.147. The van der Waals surface area contributed by atoms with Crippen LogP contribution in [0.2, 0.25) is 0 Å². The van der Waals surface area contributed by atoms with E-state index in [9.17, 15) is 18.8 Å². The summed E-state index contributed by atoms with van der Waals surface area (Å²) in [5.74, 6) is -0.0984. The molecule has 234 valence electrons. The van der Waals surface area contributed by atoms with Crippen LogP contribution in [-0.2, 0) is 23.1 Å². The van der Waals surface area contributed by atoms with Crippen molar-refractivity contribution in [1.29, 1.82) is 0 Å². The first-order valence-corrected chi connectivity index (χ1v) is 15.2. The first kappa shape index (κ1) is 31.1. The van der Waals surface area contributed by atoms with Gasteiger partial charge >= 0.3 is 6.03 Å². The predicted molar refractivity (Wildman–Crippen MR) is 164 cm³/mol. The fourth-order valence-corrected chi connectivity index (χ4v) is 6.20. The van der Waals surface area contributed by atoms with E-state index in [0.717, 1.165) is 30.4 Å². The highest BCUT2D eigenvalue weighted by molar-refractivity contribution is 5.91. The number of carbonyl (C=O) groups excluding carboxylic acids is 3. The van der Waals surface area contributed by atoms with Gasteiger partial charge in [-0.2, -0.15) is 0 Å². The van der Waals surface area contributed by atoms with Gasteiger partial charge in [0, 0.05) is 55.9 Å². The number of carbonyl (C=O) groups is 3. The summed E-state index contributed by atoms with van der Waals surface area (Å²) in [7, 11) is 1.74. The van der Waals surface area contributed by atoms with E-state index in [4.69, 9.17) is 0 Å². The highest BCUT2D eigenvalue weighted by atomic mass is 19.1. The molecule has 44 heavy (non-hydrogen) atoms. The summed E-state index contributed by atoms with van der Waals surface area (Å²) < 4.78 is 15.0. The molecule has 2 saturated heterocycles. The van der Waals surface area contributed by atoms with E-state index in [0.29, 0.717) is 37.6 Å². The quantitative estimate of drug-likeness (QED) is 0.440. The Morgan fingerprint density at radius 2 is 1.77 bits per heavy atom. The normalized spacial score (nSPS) is 20.7. The minimum atomic E-state index is -0.583. The van der Waals surface area contributed by atoms with E-state index < -0.39 is 23.4 Å². The largest absolute Gasteiger partial charge is 0.342 e. The molecule has 2 unspecified atom stereocenters. The molecule has 2 aromatic carbocycles. The second kappa shape index (κ2) is 13.1. The van der Waals surface area contributed by atoms with Gasteiger partial charge in [0.1, 0.15) is 5.82 Å². The Kier molecular flexibility index (Phi) is 9.26. The second-order valence-electron chi connectivity index (χ2n) is 12.9. The number of hydrogen-bond donors (Lipinski definition) is 2. The van der Waals surface area contributed by atoms with Gasteiger partial charge in [0.25, 0.3) is 0 Å². The lowest BCUT2D eigenvalue weighted by atomic mass is 9.86. The summed E-state index contributed by atoms with van der Waals surface area (Å²) in [6, 6.07) is 12.9. The second-order valence-corrected chi connectivity index (χ2v) is 12.9. The van der Waals surface area contributed by atoms with Gasteiger partial charge in [0.2, 0.25) is 11.8 Å². The van der Waals surface area contributed by atoms with Crippen LogP contribution in [-0.4, -0.2) is 80.1 Å². The van der Waals surface area contributed by atoms with Crippen molar-refractivity contribution in [3.63, 3.8) is 0 Å². The molecule has 0 bridgehead atoms. The maximum atomic E-state index is 14.1. The summed E-state index contributed by atoms with van der Waals surface area (Å²) in [4.78, 5) is 44.2. The number of aryl methyl sites for hydroxylation is 1. The molecule has 0 saturated carbocycles. The Balaban J connectivity index is 1.29. The third kappa shape index (κ3) is 7.40. The van der Waals surface area contributed by atoms with Crippen molar-refractivity contribution < 1.29 is 18.8 Å². The topological polar surface area (TPSA) is 125 Å². The Morgan fingerprint density at radius 1 is 1.00 bits per heavy atom. The Labute approximate surface area is 257 Å². The molecule has 5 rings (SSSR count). The Hall–Kier alpha value is -4.35. The Morgan fingerprint density at radius 3 is 2.48 bits per heavy atom. The van der Waals surface area contributed by atoms with Gasteiger partial charge in [-0.3, -0.25) is 9.59 Å². The van der Waals surface area contributed by atoms with Crippen LogP contribution in [0.5, 0.6) is 0 Å². The number of amides is 4. The number of benzene rings is 2. The molecule has 12 heteroatoms. The first-order valence-electron chi connectivity index (χ1n) is 15.2. The van der Waals surface area contributed by atoms with Crippen molar-refractivity contribution >= 4 is 23.5 Å². The standard InChI is InChI=1S/C32H41FN8O3/c1-32(2,3)30(43)41-16-14-27(35-31(44)34-25-9-5-8-23(18-25)28-36-37-38-39(28)4)26(20-41)29(42)40-15-6-7-22(19-40)17-21-10-12-24(33)13-11-21/h5,8-13,18,22,26-27H,6-7,14-17,19-20H2,1-4H3,(H2,34,35,44)/t22?,26?,27-/m1/s1. The molecule has 0 spiro atoms. The van der Waals surface area contributed by atoms with Crippen LogP contribution in [0, 0.1) is 23.1 Å². The molecule has 2 aliphatic heterocycles. The zero-order valence-electron chi connectivity index (χ0n) is 25.8. The predicted octanol–water partition coefficient (Wildman–Crippen LogP) is 3.88. The summed E-state index contributed by atoms with van der Waals surface area (Å²) in [5.41, 5.74) is 1.77. The molecule has 11 nitrogen and oxygen atoms in total. The molecule has 3 heterocycles. The number of tetrazole rings is 1. The Bertz CT molecular complexity index is 1490. The van der Waals surface area contributed by atoms with Crippen molar-refractivity contribution in [3.05, 3.63) is 59.9 Å². The third-order valence-electron chi connectivity index (χ3n) is 8.44. The number of nitrogens with zero attached hydrogens (tertiary/aromatic N) is 6. The van der Waals surface area contributed by atoms with E-state index in [-0.39, 0.29) is 30.1 Å². The molecule has 4 amide bonds. The van der Waals surface area contributed by atoms with Crippen molar-refractivity contribution in [1.82, 2.24) is 35.3 Å². The van der Waals surface area contributed by atoms with Crippen molar-refractivity contribution in [2.45, 2.75) is 52.5 Å². The van der Waals surface area contributed by atoms with Gasteiger partial charge in [-0.15, -0.1) is 5.10 Å². The van der Waals surface area contributed by atoms with Gasteiger partial charge in [-0.1, -0.05) is 45.0 Å². The minimum absolute atomic E-state index is 0.0129. The fraction of sp³-hybridized carbons (Fsp3) is 0.500. The van der Waals surface area contributed by atoms with Gasteiger partial charge in [-0.05, 0) is 71.9 Å². The number of rotatable bonds is 6. The van der Waals surface area contributed by atoms with Gasteiger partial charge < -0.3 is 20.4 Å². The maximum absolute atomic E-state index is 14.1. The zero-order chi connectivity index (χ0) is 31.4. The lowest BCUT2D eigenvalue weighted by Crippen LogP contribution is -2.59. The molecule has 2 aliphatic rings. The average Bonchev–Trinajstić information content (AvgIpc) is 3.43. The van der Waals surface area contributed by atoms with Crippen molar-refractivity contribution in [2.24, 2.45) is 24.3 Å². The van der Waals surface area contributed by atoms with Gasteiger partial charge in [0.15, 0.2) is 5.82 Å². The smallest absolute Gasteiger partial charge is 0.319 e. The van der Waals surface area contributed by atoms with E-state index in [1.54, 1.807) is 47.0 Å². The number of aromatic nitrogens is 4. The molecule has 3 atom stereocenters. The number of urea groups is 1. The monoisotopic (exact) mass is 604 g/mol. The molecule has 3 aromatic rings. The van der Waals surface area contributed by atoms with E-state index in [1.807, 2.05) is 31.7 Å². The highest BCUT2D eigenvalue weighted by Gasteiger charge is 2.41. The molecule has 0 radical (unpaired) electrons. The fourth-order valence-electron chi connectivity index (χ4n) is 6.20. The number of piperidine rings is 2. The van der Waals surface area contributed by atoms with Crippen LogP contribution >= 0.6 is 0 Å². The molecule has 0 aliphatic carbocycles. The number of nitrogens with one attached hydrogen (secondary N) is 2. The summed E-state index contributed by atoms with van der Waals surface area (Å²) in [5, 5.41) is 17.5. The summed E-state index contributed by atoms with van der Waals surface area (Å²) in [6.45, 7) is 7.54. The molecule has 2 N–H and O–H groups in total. The minimum Gasteiger partial charge on any atom is -0.342 e. The number of halogens is 1. The van der Waals surface area contributed by atoms with E-state index >= 15 is 0 Å². The number of anilines is 1. The van der Waals surface area contributed by atoms with E-state index in [1.165, 1.54) is 12.1 Å². The van der Waals surface area contributed by atoms with Crippen LogP contribution < -0.4 is 10.6 Å². The van der Waals surface area contributed by atoms with Crippen molar-refractivity contribution in [2.75, 3.05) is 31.5 Å². The van der Waals surface area contributed by atoms with Crippen LogP contribution in [0.15, 0.2) is 48.5 Å². The van der Waals surface area contributed by atoms with Crippen LogP contribution in [0.3, 0.4) is 0 Å².